The molecule has 9 heteroatoms. The molecule has 1 aliphatic heterocycles. The normalized spacial score (nSPS) is 14.2. The molecule has 2 aromatic carbocycles. The molecule has 6 nitrogen and oxygen atoms in total. The number of fused-ring (bicyclic) bond motifs is 1. The molecule has 0 spiro atoms. The first-order valence-corrected chi connectivity index (χ1v) is 13.3. The van der Waals surface area contributed by atoms with Crippen LogP contribution in [-0.2, 0) is 17.5 Å². The minimum Gasteiger partial charge on any atom is -0.338 e. The van der Waals surface area contributed by atoms with E-state index in [0.717, 1.165) is 30.5 Å². The second-order valence-corrected chi connectivity index (χ2v) is 12.1. The van der Waals surface area contributed by atoms with Crippen molar-refractivity contribution in [2.75, 3.05) is 37.6 Å². The molecule has 3 aromatic rings. The van der Waals surface area contributed by atoms with Crippen LogP contribution >= 0.6 is 30.3 Å². The van der Waals surface area contributed by atoms with E-state index in [1.165, 1.54) is 17.3 Å². The summed E-state index contributed by atoms with van der Waals surface area (Å²) >= 11 is 12.9. The molecule has 0 atom stereocenters. The predicted octanol–water partition coefficient (Wildman–Crippen LogP) is 5.51. The van der Waals surface area contributed by atoms with Crippen LogP contribution < -0.4 is 15.9 Å². The maximum Gasteiger partial charge on any atom is 0.229 e. The van der Waals surface area contributed by atoms with Gasteiger partial charge in [-0.3, -0.25) is 0 Å². The zero-order chi connectivity index (χ0) is 22.2. The zero-order valence-electron chi connectivity index (χ0n) is 17.6. The molecule has 0 saturated carbocycles. The molecule has 2 N–H and O–H groups in total. The molecule has 0 fully saturated rings. The molecule has 31 heavy (non-hydrogen) atoms. The molecule has 162 valence electrons. The highest BCUT2D eigenvalue weighted by Gasteiger charge is 2.18. The summed E-state index contributed by atoms with van der Waals surface area (Å²) < 4.78 is 12.7. The highest BCUT2D eigenvalue weighted by atomic mass is 35.5. The minimum atomic E-state index is -2.48. The van der Waals surface area contributed by atoms with Crippen LogP contribution in [-0.4, -0.2) is 41.8 Å². The fourth-order valence-corrected chi connectivity index (χ4v) is 5.16. The number of halogens is 2. The van der Waals surface area contributed by atoms with Crippen molar-refractivity contribution in [2.24, 2.45) is 0 Å². The maximum absolute atomic E-state index is 12.7. The summed E-state index contributed by atoms with van der Waals surface area (Å²) in [7, 11) is -0.378. The molecular formula is C22H24Cl2N5OP. The van der Waals surface area contributed by atoms with Crippen LogP contribution in [0.4, 0.5) is 23.1 Å². The lowest BCUT2D eigenvalue weighted by atomic mass is 9.99. The van der Waals surface area contributed by atoms with Gasteiger partial charge in [0.25, 0.3) is 0 Å². The van der Waals surface area contributed by atoms with E-state index < -0.39 is 7.14 Å². The summed E-state index contributed by atoms with van der Waals surface area (Å²) in [4.78, 5) is 11.1. The Morgan fingerprint density at radius 1 is 1.03 bits per heavy atom. The van der Waals surface area contributed by atoms with Gasteiger partial charge in [-0.15, -0.1) is 0 Å². The van der Waals surface area contributed by atoms with Gasteiger partial charge in [0.2, 0.25) is 5.95 Å². The van der Waals surface area contributed by atoms with Crippen LogP contribution in [0.3, 0.4) is 0 Å². The van der Waals surface area contributed by atoms with E-state index in [1.54, 1.807) is 13.3 Å². The molecule has 4 rings (SSSR count). The molecule has 0 bridgehead atoms. The highest BCUT2D eigenvalue weighted by molar-refractivity contribution is 7.70. The third-order valence-corrected chi connectivity index (χ3v) is 7.36. The Balaban J connectivity index is 1.62. The Hall–Kier alpha value is -2.11. The molecule has 0 amide bonds. The lowest BCUT2D eigenvalue weighted by molar-refractivity contribution is 0.313. The Morgan fingerprint density at radius 3 is 2.58 bits per heavy atom. The number of nitrogens with zero attached hydrogens (tertiary/aromatic N) is 3. The largest absolute Gasteiger partial charge is 0.338 e. The SMILES string of the molecule is CN1CCc2cc(Nc3ncc(Cl)c(Nc4ccccc4P(C)(C)=O)n3)c(Cl)cc2C1. The third-order valence-electron chi connectivity index (χ3n) is 5.22. The molecule has 2 heterocycles. The van der Waals surface area contributed by atoms with E-state index in [9.17, 15) is 4.57 Å². The van der Waals surface area contributed by atoms with Gasteiger partial charge in [-0.2, -0.15) is 4.98 Å². The molecule has 0 radical (unpaired) electrons. The lowest BCUT2D eigenvalue weighted by Gasteiger charge is -2.26. The summed E-state index contributed by atoms with van der Waals surface area (Å²) in [5.41, 5.74) is 3.97. The van der Waals surface area contributed by atoms with Gasteiger partial charge in [-0.05, 0) is 62.2 Å². The zero-order valence-corrected chi connectivity index (χ0v) is 20.0. The molecule has 0 unspecified atom stereocenters. The fraction of sp³-hybridized carbons (Fsp3) is 0.273. The molecule has 0 aliphatic carbocycles. The maximum atomic E-state index is 12.7. The number of para-hydroxylation sites is 1. The van der Waals surface area contributed by atoms with E-state index in [-0.39, 0.29) is 0 Å². The number of anilines is 4. The van der Waals surface area contributed by atoms with Crippen molar-refractivity contribution in [2.45, 2.75) is 13.0 Å². The molecule has 1 aromatic heterocycles. The Bertz CT molecular complexity index is 1180. The topological polar surface area (TPSA) is 70.2 Å². The lowest BCUT2D eigenvalue weighted by Crippen LogP contribution is -2.26. The van der Waals surface area contributed by atoms with Crippen molar-refractivity contribution in [1.29, 1.82) is 0 Å². The standard InChI is InChI=1S/C22H24Cl2N5OP/c1-29-9-8-14-11-19(16(23)10-15(14)13-29)27-22-25-12-17(24)21(28-22)26-18-6-4-5-7-20(18)31(2,3)30/h4-7,10-12H,8-9,13H2,1-3H3,(H2,25,26,27,28). The monoisotopic (exact) mass is 475 g/mol. The Morgan fingerprint density at radius 2 is 1.81 bits per heavy atom. The third kappa shape index (κ3) is 5.04. The van der Waals surface area contributed by atoms with E-state index >= 15 is 0 Å². The van der Waals surface area contributed by atoms with Crippen LogP contribution in [0.15, 0.2) is 42.6 Å². The summed E-state index contributed by atoms with van der Waals surface area (Å²) in [6.45, 7) is 5.37. The second kappa shape index (κ2) is 8.79. The number of nitrogens with one attached hydrogen (secondary N) is 2. The average Bonchev–Trinajstić information content (AvgIpc) is 2.71. The van der Waals surface area contributed by atoms with Crippen LogP contribution in [0.2, 0.25) is 10.0 Å². The van der Waals surface area contributed by atoms with E-state index in [4.69, 9.17) is 23.2 Å². The summed E-state index contributed by atoms with van der Waals surface area (Å²) in [5, 5.41) is 8.14. The molecular weight excluding hydrogens is 452 g/mol. The van der Waals surface area contributed by atoms with Crippen molar-refractivity contribution in [3.63, 3.8) is 0 Å². The first kappa shape index (κ1) is 22.1. The van der Waals surface area contributed by atoms with Gasteiger partial charge in [-0.1, -0.05) is 35.3 Å². The van der Waals surface area contributed by atoms with Crippen molar-refractivity contribution in [3.05, 3.63) is 63.8 Å². The first-order chi connectivity index (χ1) is 14.7. The summed E-state index contributed by atoms with van der Waals surface area (Å²) in [6, 6.07) is 11.5. The Kier molecular flexibility index (Phi) is 6.27. The predicted molar refractivity (Wildman–Crippen MR) is 131 cm³/mol. The van der Waals surface area contributed by atoms with Gasteiger partial charge in [0.15, 0.2) is 5.82 Å². The van der Waals surface area contributed by atoms with Crippen molar-refractivity contribution in [1.82, 2.24) is 14.9 Å². The van der Waals surface area contributed by atoms with E-state index in [0.29, 0.717) is 27.5 Å². The number of hydrogen-bond acceptors (Lipinski definition) is 6. The average molecular weight is 476 g/mol. The number of aromatic nitrogens is 2. The summed E-state index contributed by atoms with van der Waals surface area (Å²) in [6.07, 6.45) is 2.50. The molecule has 1 aliphatic rings. The van der Waals surface area contributed by atoms with Gasteiger partial charge >= 0.3 is 0 Å². The van der Waals surface area contributed by atoms with Crippen molar-refractivity contribution in [3.8, 4) is 0 Å². The summed E-state index contributed by atoms with van der Waals surface area (Å²) in [5.74, 6) is 0.797. The first-order valence-electron chi connectivity index (χ1n) is 9.92. The van der Waals surface area contributed by atoms with Crippen LogP contribution in [0.1, 0.15) is 11.1 Å². The van der Waals surface area contributed by atoms with Crippen LogP contribution in [0, 0.1) is 0 Å². The highest BCUT2D eigenvalue weighted by Crippen LogP contribution is 2.39. The number of benzene rings is 2. The van der Waals surface area contributed by atoms with Gasteiger partial charge < -0.3 is 20.1 Å². The van der Waals surface area contributed by atoms with E-state index in [2.05, 4.69) is 38.6 Å². The number of likely N-dealkylation sites (N-methyl/N-ethyl adjacent to an activating group) is 1. The van der Waals surface area contributed by atoms with Crippen LogP contribution in [0.25, 0.3) is 0 Å². The van der Waals surface area contributed by atoms with Gasteiger partial charge in [0, 0.05) is 18.4 Å². The number of hydrogen-bond donors (Lipinski definition) is 2. The second-order valence-electron chi connectivity index (χ2n) is 8.10. The van der Waals surface area contributed by atoms with Gasteiger partial charge in [0.1, 0.15) is 12.2 Å². The van der Waals surface area contributed by atoms with Crippen LogP contribution in [0.5, 0.6) is 0 Å². The quantitative estimate of drug-likeness (QED) is 0.474. The number of rotatable bonds is 5. The van der Waals surface area contributed by atoms with Crippen molar-refractivity contribution >= 4 is 58.8 Å². The van der Waals surface area contributed by atoms with Crippen molar-refractivity contribution < 1.29 is 4.57 Å². The van der Waals surface area contributed by atoms with E-state index in [1.807, 2.05) is 30.3 Å². The fourth-order valence-electron chi connectivity index (χ4n) is 3.63. The Labute approximate surface area is 192 Å². The minimum absolute atomic E-state index is 0.363. The van der Waals surface area contributed by atoms with Gasteiger partial charge in [-0.25, -0.2) is 4.98 Å². The van der Waals surface area contributed by atoms with Gasteiger partial charge in [0.05, 0.1) is 22.6 Å². The molecule has 0 saturated heterocycles. The smallest absolute Gasteiger partial charge is 0.229 e.